The molecule has 4 heteroatoms. The van der Waals surface area contributed by atoms with Gasteiger partial charge in [0.1, 0.15) is 0 Å². The quantitative estimate of drug-likeness (QED) is 0.300. The maximum Gasteiger partial charge on any atom is 0.0771 e. The predicted octanol–water partition coefficient (Wildman–Crippen LogP) is 3.49. The Morgan fingerprint density at radius 3 is 1.68 bits per heavy atom. The molecule has 0 amide bonds. The standard InChI is InChI=1S/C21H25.C9H7O.C3H6.2ClH.Zr/c1-20(2,3)16-7-9-18-14(12-16)11-15-13-17(21(4,5)6)8-10-19(15)18;1-2-4-8(3-1)9-5-6-10-7-9;1-3-2;;;/h7-13H,1-6H3;1,3,5-7H,2H2;1-2H3;2*1H;/q2*-1;;;;+2/p-2. The van der Waals surface area contributed by atoms with E-state index in [1.807, 2.05) is 6.07 Å². The first kappa shape index (κ1) is 33.4. The maximum absolute atomic E-state index is 4.93. The molecule has 0 saturated carbocycles. The van der Waals surface area contributed by atoms with Crippen LogP contribution in [0.25, 0.3) is 27.1 Å². The Labute approximate surface area is 250 Å². The SMILES string of the molecule is CC(C)(C)c1ccc2c(c1)[cH-]c1cc(C(C)(C)C)ccc12.C[C](C)=[Zr+2].[C-]1=C(c2ccoc2)C=CC1.[Cl-].[Cl-]. The average Bonchev–Trinajstić information content (AvgIpc) is 3.51. The van der Waals surface area contributed by atoms with Crippen molar-refractivity contribution in [1.29, 1.82) is 0 Å². The summed E-state index contributed by atoms with van der Waals surface area (Å²) >= 11 is 1.55. The molecule has 0 unspecified atom stereocenters. The van der Waals surface area contributed by atoms with Gasteiger partial charge in [0.25, 0.3) is 0 Å². The molecule has 1 nitrogen and oxygen atoms in total. The molecule has 0 saturated heterocycles. The van der Waals surface area contributed by atoms with E-state index in [4.69, 9.17) is 4.42 Å². The second kappa shape index (κ2) is 14.0. The van der Waals surface area contributed by atoms with Crippen LogP contribution in [-0.2, 0) is 35.1 Å². The summed E-state index contributed by atoms with van der Waals surface area (Å²) < 4.78 is 6.44. The van der Waals surface area contributed by atoms with Crippen molar-refractivity contribution in [3.8, 4) is 0 Å². The van der Waals surface area contributed by atoms with Crippen molar-refractivity contribution >= 4 is 30.3 Å². The van der Waals surface area contributed by atoms with Gasteiger partial charge in [-0.3, -0.25) is 0 Å². The van der Waals surface area contributed by atoms with Crippen LogP contribution < -0.4 is 24.8 Å². The van der Waals surface area contributed by atoms with Crippen molar-refractivity contribution in [2.24, 2.45) is 0 Å². The first-order chi connectivity index (χ1) is 16.4. The summed E-state index contributed by atoms with van der Waals surface area (Å²) in [5.41, 5.74) is 5.48. The van der Waals surface area contributed by atoms with Gasteiger partial charge in [-0.25, -0.2) is 0 Å². The second-order valence-corrected chi connectivity index (χ2v) is 13.9. The molecule has 0 radical (unpaired) electrons. The molecule has 1 aromatic heterocycles. The molecule has 0 N–H and O–H groups in total. The van der Waals surface area contributed by atoms with Crippen LogP contribution in [0.1, 0.15) is 78.5 Å². The Hall–Kier alpha value is -1.60. The summed E-state index contributed by atoms with van der Waals surface area (Å²) in [5, 5.41) is 5.48. The van der Waals surface area contributed by atoms with E-state index in [1.165, 1.54) is 35.9 Å². The monoisotopic (exact) mass is 610 g/mol. The van der Waals surface area contributed by atoms with E-state index in [9.17, 15) is 0 Å². The van der Waals surface area contributed by atoms with Gasteiger partial charge in [0.15, 0.2) is 0 Å². The minimum Gasteiger partial charge on any atom is -1.00 e. The second-order valence-electron chi connectivity index (χ2n) is 11.5. The molecule has 0 fully saturated rings. The first-order valence-electron chi connectivity index (χ1n) is 12.3. The zero-order chi connectivity index (χ0) is 25.8. The molecule has 37 heavy (non-hydrogen) atoms. The van der Waals surface area contributed by atoms with Crippen LogP contribution in [0.5, 0.6) is 0 Å². The van der Waals surface area contributed by atoms with Crippen LogP contribution in [0.15, 0.2) is 77.6 Å². The van der Waals surface area contributed by atoms with E-state index >= 15 is 0 Å². The van der Waals surface area contributed by atoms with Crippen molar-refractivity contribution in [2.75, 3.05) is 0 Å². The summed E-state index contributed by atoms with van der Waals surface area (Å²) in [4.78, 5) is 0. The van der Waals surface area contributed by atoms with Gasteiger partial charge >= 0.3 is 41.3 Å². The van der Waals surface area contributed by atoms with Gasteiger partial charge in [-0.1, -0.05) is 95.0 Å². The molecule has 0 bridgehead atoms. The van der Waals surface area contributed by atoms with Crippen LogP contribution in [0.3, 0.4) is 0 Å². The number of benzene rings is 2. The number of hydrogen-bond donors (Lipinski definition) is 0. The van der Waals surface area contributed by atoms with Gasteiger partial charge in [0.05, 0.1) is 6.26 Å². The van der Waals surface area contributed by atoms with E-state index in [-0.39, 0.29) is 35.6 Å². The van der Waals surface area contributed by atoms with Gasteiger partial charge in [-0.2, -0.15) is 17.7 Å². The smallest absolute Gasteiger partial charge is 0.0771 e. The molecule has 1 heterocycles. The van der Waals surface area contributed by atoms with Gasteiger partial charge in [0.2, 0.25) is 0 Å². The number of rotatable bonds is 1. The van der Waals surface area contributed by atoms with E-state index in [0.717, 1.165) is 17.6 Å². The van der Waals surface area contributed by atoms with Crippen LogP contribution in [0.2, 0.25) is 0 Å². The van der Waals surface area contributed by atoms with E-state index in [1.54, 1.807) is 36.8 Å². The van der Waals surface area contributed by atoms with Gasteiger partial charge in [-0.15, -0.1) is 45.8 Å². The van der Waals surface area contributed by atoms with Crippen molar-refractivity contribution in [2.45, 2.75) is 72.6 Å². The summed E-state index contributed by atoms with van der Waals surface area (Å²) in [6, 6.07) is 18.1. The van der Waals surface area contributed by atoms with Gasteiger partial charge in [-0.05, 0) is 10.8 Å². The fraction of sp³-hybridized carbons (Fsp3) is 0.333. The third-order valence-corrected chi connectivity index (χ3v) is 5.96. The molecule has 1 aliphatic rings. The molecular weight excluding hydrogens is 574 g/mol. The molecule has 0 spiro atoms. The van der Waals surface area contributed by atoms with Crippen LogP contribution in [0, 0.1) is 6.08 Å². The molecule has 4 aromatic rings. The largest absolute Gasteiger partial charge is 1.00 e. The summed E-state index contributed by atoms with van der Waals surface area (Å²) in [5.74, 6) is 0. The van der Waals surface area contributed by atoms with Crippen molar-refractivity contribution in [1.82, 2.24) is 0 Å². The number of fused-ring (bicyclic) bond motifs is 3. The minimum absolute atomic E-state index is 0. The predicted molar refractivity (Wildman–Crippen MR) is 150 cm³/mol. The first-order valence-corrected chi connectivity index (χ1v) is 13.5. The maximum atomic E-state index is 4.93. The van der Waals surface area contributed by atoms with E-state index in [2.05, 4.69) is 116 Å². The van der Waals surface area contributed by atoms with E-state index < -0.39 is 0 Å². The Balaban J connectivity index is 0.000000358. The fourth-order valence-corrected chi connectivity index (χ4v) is 3.98. The van der Waals surface area contributed by atoms with Gasteiger partial charge in [0, 0.05) is 6.26 Å². The Bertz CT molecular complexity index is 1290. The normalized spacial score (nSPS) is 12.5. The summed E-state index contributed by atoms with van der Waals surface area (Å²) in [7, 11) is 0. The third kappa shape index (κ3) is 9.28. The zero-order valence-electron chi connectivity index (χ0n) is 23.3. The fourth-order valence-electron chi connectivity index (χ4n) is 3.98. The Morgan fingerprint density at radius 2 is 1.32 bits per heavy atom. The van der Waals surface area contributed by atoms with Crippen LogP contribution >= 0.6 is 0 Å². The Morgan fingerprint density at radius 1 is 0.838 bits per heavy atom. The van der Waals surface area contributed by atoms with Crippen molar-refractivity contribution in [3.63, 3.8) is 0 Å². The number of halogens is 2. The molecular formula is C33H38Cl2OZr-2. The molecule has 5 rings (SSSR count). The molecule has 0 atom stereocenters. The average molecular weight is 613 g/mol. The molecule has 196 valence electrons. The summed E-state index contributed by atoms with van der Waals surface area (Å²) in [6.45, 7) is 17.9. The minimum atomic E-state index is 0. The van der Waals surface area contributed by atoms with Crippen LogP contribution in [0.4, 0.5) is 0 Å². The Kier molecular flexibility index (Phi) is 12.6. The van der Waals surface area contributed by atoms with Gasteiger partial charge < -0.3 is 29.2 Å². The topological polar surface area (TPSA) is 13.1 Å². The third-order valence-electron chi connectivity index (χ3n) is 5.96. The number of allylic oxidation sites excluding steroid dienone is 4. The summed E-state index contributed by atoms with van der Waals surface area (Å²) in [6.07, 6.45) is 11.7. The zero-order valence-corrected chi connectivity index (χ0v) is 27.3. The molecule has 1 aliphatic carbocycles. The van der Waals surface area contributed by atoms with Crippen LogP contribution in [-0.4, -0.2) is 3.21 Å². The van der Waals surface area contributed by atoms with E-state index in [0.29, 0.717) is 0 Å². The molecule has 0 aliphatic heterocycles. The van der Waals surface area contributed by atoms with Crippen molar-refractivity contribution < 1.29 is 53.5 Å². The van der Waals surface area contributed by atoms with Crippen molar-refractivity contribution in [3.05, 3.63) is 96.0 Å². The number of hydrogen-bond acceptors (Lipinski definition) is 1. The molecule has 3 aromatic carbocycles. The number of furan rings is 1.